The van der Waals surface area contributed by atoms with Gasteiger partial charge in [-0.15, -0.1) is 0 Å². The summed E-state index contributed by atoms with van der Waals surface area (Å²) >= 11 is 0. The highest BCUT2D eigenvalue weighted by Gasteiger charge is 2.49. The summed E-state index contributed by atoms with van der Waals surface area (Å²) in [5, 5.41) is 45.3. The lowest BCUT2D eigenvalue weighted by Crippen LogP contribution is -2.66. The molecule has 0 saturated carbocycles. The molecule has 0 aromatic rings. The van der Waals surface area contributed by atoms with Crippen LogP contribution in [0.2, 0.25) is 0 Å². The minimum atomic E-state index is -1.55. The number of carbonyl (C=O) groups excluding carboxylic acids is 2. The molecule has 0 spiro atoms. The lowest BCUT2D eigenvalue weighted by atomic mass is 9.95. The van der Waals surface area contributed by atoms with Gasteiger partial charge in [-0.3, -0.25) is 9.59 Å². The van der Waals surface area contributed by atoms with Crippen molar-refractivity contribution in [2.75, 3.05) is 0 Å². The molecule has 11 nitrogen and oxygen atoms in total. The Bertz CT molecular complexity index is 468. The van der Waals surface area contributed by atoms with Crippen LogP contribution in [0.3, 0.4) is 0 Å². The molecule has 0 bridgehead atoms. The predicted molar refractivity (Wildman–Crippen MR) is 79.8 cm³/mol. The largest absolute Gasteiger partial charge is 0.388 e. The van der Waals surface area contributed by atoms with Crippen LogP contribution in [0.25, 0.3) is 0 Å². The minimum absolute atomic E-state index is 0.376. The first-order chi connectivity index (χ1) is 11.8. The third-order valence-electron chi connectivity index (χ3n) is 4.51. The van der Waals surface area contributed by atoms with Gasteiger partial charge in [-0.25, -0.2) is 0 Å². The maximum absolute atomic E-state index is 10.7. The molecule has 2 amide bonds. The van der Waals surface area contributed by atoms with Crippen molar-refractivity contribution in [2.45, 2.75) is 75.1 Å². The van der Waals surface area contributed by atoms with Crippen molar-refractivity contribution < 1.29 is 44.2 Å². The molecule has 2 aliphatic heterocycles. The van der Waals surface area contributed by atoms with E-state index in [-0.39, 0.29) is 0 Å². The van der Waals surface area contributed by atoms with Gasteiger partial charge in [0.05, 0.1) is 24.3 Å². The van der Waals surface area contributed by atoms with Crippen molar-refractivity contribution in [1.82, 2.24) is 10.6 Å². The van der Waals surface area contributed by atoms with Crippen molar-refractivity contribution in [3.8, 4) is 0 Å². The summed E-state index contributed by atoms with van der Waals surface area (Å²) in [6.45, 7) is 3.10. The van der Waals surface area contributed by atoms with Crippen LogP contribution in [0.15, 0.2) is 0 Å². The van der Waals surface area contributed by atoms with Crippen LogP contribution < -0.4 is 10.6 Å². The quantitative estimate of drug-likeness (QED) is 0.259. The van der Waals surface area contributed by atoms with Gasteiger partial charge in [0.25, 0.3) is 0 Å². The Hall–Kier alpha value is -1.34. The lowest BCUT2D eigenvalue weighted by molar-refractivity contribution is -0.339. The van der Waals surface area contributed by atoms with Gasteiger partial charge in [-0.1, -0.05) is 0 Å². The summed E-state index contributed by atoms with van der Waals surface area (Å²) in [7, 11) is 0. The van der Waals surface area contributed by atoms with Crippen molar-refractivity contribution in [2.24, 2.45) is 0 Å². The molecule has 2 aliphatic rings. The average molecular weight is 364 g/mol. The number of rotatable bonds is 6. The van der Waals surface area contributed by atoms with E-state index in [0.717, 1.165) is 0 Å². The van der Waals surface area contributed by atoms with E-state index in [2.05, 4.69) is 10.6 Å². The summed E-state index contributed by atoms with van der Waals surface area (Å²) < 4.78 is 16.1. The number of hydrogen-bond acceptors (Lipinski definition) is 9. The smallest absolute Gasteiger partial charge is 0.207 e. The summed E-state index contributed by atoms with van der Waals surface area (Å²) in [4.78, 5) is 21.2. The van der Waals surface area contributed by atoms with Crippen molar-refractivity contribution in [3.63, 3.8) is 0 Å². The number of nitrogens with one attached hydrogen (secondary N) is 2. The molecule has 2 heterocycles. The zero-order valence-electron chi connectivity index (χ0n) is 13.8. The summed E-state index contributed by atoms with van der Waals surface area (Å²) in [6.07, 6.45) is -9.20. The molecule has 2 saturated heterocycles. The lowest BCUT2D eigenvalue weighted by Gasteiger charge is -2.46. The number of amides is 2. The normalized spacial score (nSPS) is 47.8. The summed E-state index contributed by atoms with van der Waals surface area (Å²) in [5.74, 6) is 0. The third kappa shape index (κ3) is 4.08. The zero-order chi connectivity index (χ0) is 18.7. The topological polar surface area (TPSA) is 167 Å². The second-order valence-corrected chi connectivity index (χ2v) is 6.13. The van der Waals surface area contributed by atoms with E-state index in [0.29, 0.717) is 12.8 Å². The number of hydrogen-bond donors (Lipinski definition) is 6. The van der Waals surface area contributed by atoms with Gasteiger partial charge >= 0.3 is 0 Å². The molecule has 6 N–H and O–H groups in total. The van der Waals surface area contributed by atoms with Gasteiger partial charge in [0.1, 0.15) is 24.4 Å². The average Bonchev–Trinajstić information content (AvgIpc) is 2.56. The van der Waals surface area contributed by atoms with E-state index >= 15 is 0 Å². The first kappa shape index (κ1) is 20.0. The Labute approximate surface area is 143 Å². The third-order valence-corrected chi connectivity index (χ3v) is 4.51. The SMILES string of the molecule is C[C@H]1O[C@H](O)[C@@H](O[C@H]2O[C@H](C)[C@@H](NC=O)C(O)[C@@H]2O)[C@@H](O)[C@@H]1NC=O. The molecular weight excluding hydrogens is 340 g/mol. The highest BCUT2D eigenvalue weighted by Crippen LogP contribution is 2.28. The monoisotopic (exact) mass is 364 g/mol. The number of carbonyl (C=O) groups is 2. The Morgan fingerprint density at radius 1 is 0.840 bits per heavy atom. The number of ether oxygens (including phenoxy) is 3. The second kappa shape index (κ2) is 8.36. The maximum atomic E-state index is 10.7. The molecular formula is C14H24N2O9. The molecule has 0 aromatic heterocycles. The summed E-state index contributed by atoms with van der Waals surface area (Å²) in [6, 6.07) is -1.70. The van der Waals surface area contributed by atoms with Gasteiger partial charge in [-0.2, -0.15) is 0 Å². The van der Waals surface area contributed by atoms with Crippen LogP contribution in [0, 0.1) is 0 Å². The van der Waals surface area contributed by atoms with E-state index in [9.17, 15) is 30.0 Å². The number of aliphatic hydroxyl groups is 4. The Kier molecular flexibility index (Phi) is 6.68. The Morgan fingerprint density at radius 2 is 1.36 bits per heavy atom. The van der Waals surface area contributed by atoms with Crippen LogP contribution in [-0.4, -0.2) is 94.5 Å². The van der Waals surface area contributed by atoms with E-state index in [4.69, 9.17) is 14.2 Å². The first-order valence-electron chi connectivity index (χ1n) is 7.89. The van der Waals surface area contributed by atoms with Crippen LogP contribution >= 0.6 is 0 Å². The van der Waals surface area contributed by atoms with Crippen LogP contribution in [0.1, 0.15) is 13.8 Å². The van der Waals surface area contributed by atoms with E-state index in [1.54, 1.807) is 13.8 Å². The first-order valence-corrected chi connectivity index (χ1v) is 7.89. The van der Waals surface area contributed by atoms with Gasteiger partial charge in [0, 0.05) is 0 Å². The van der Waals surface area contributed by atoms with Crippen LogP contribution in [0.5, 0.6) is 0 Å². The fourth-order valence-electron chi connectivity index (χ4n) is 3.10. The predicted octanol–water partition coefficient (Wildman–Crippen LogP) is -3.83. The molecule has 2 rings (SSSR count). The molecule has 10 atom stereocenters. The molecule has 11 heteroatoms. The van der Waals surface area contributed by atoms with Crippen LogP contribution in [-0.2, 0) is 23.8 Å². The fraction of sp³-hybridized carbons (Fsp3) is 0.857. The van der Waals surface area contributed by atoms with Gasteiger partial charge in [-0.05, 0) is 13.8 Å². The molecule has 0 radical (unpaired) electrons. The second-order valence-electron chi connectivity index (χ2n) is 6.13. The van der Waals surface area contributed by atoms with Gasteiger partial charge in [0.15, 0.2) is 12.6 Å². The summed E-state index contributed by atoms with van der Waals surface area (Å²) in [5.41, 5.74) is 0. The van der Waals surface area contributed by atoms with Crippen molar-refractivity contribution in [3.05, 3.63) is 0 Å². The Morgan fingerprint density at radius 3 is 1.92 bits per heavy atom. The Balaban J connectivity index is 2.09. The fourth-order valence-corrected chi connectivity index (χ4v) is 3.10. The standard InChI is InChI=1S/C14H24N2O9/c1-5-8(16-4-18)10(20)12(13(22)23-5)25-14-11(21)9(19)7(15-3-17)6(2)24-14/h3-14,19-22H,1-2H3,(H,15,17)(H,16,18)/t5-,6-,7-,8-,9?,10+,11+,12+,13+,14-/m1/s1. The van der Waals surface area contributed by atoms with Gasteiger partial charge in [0.2, 0.25) is 12.8 Å². The maximum Gasteiger partial charge on any atom is 0.207 e. The van der Waals surface area contributed by atoms with Crippen molar-refractivity contribution in [1.29, 1.82) is 0 Å². The minimum Gasteiger partial charge on any atom is -0.388 e. The van der Waals surface area contributed by atoms with E-state index in [1.165, 1.54) is 0 Å². The molecule has 0 aliphatic carbocycles. The molecule has 1 unspecified atom stereocenters. The number of aliphatic hydroxyl groups excluding tert-OH is 4. The highest BCUT2D eigenvalue weighted by molar-refractivity contribution is 5.47. The zero-order valence-corrected chi connectivity index (χ0v) is 13.8. The molecule has 0 aromatic carbocycles. The van der Waals surface area contributed by atoms with Gasteiger partial charge < -0.3 is 45.3 Å². The van der Waals surface area contributed by atoms with Crippen molar-refractivity contribution >= 4 is 12.8 Å². The molecule has 144 valence electrons. The molecule has 2 fully saturated rings. The highest BCUT2D eigenvalue weighted by atomic mass is 16.7. The van der Waals surface area contributed by atoms with Crippen LogP contribution in [0.4, 0.5) is 0 Å². The van der Waals surface area contributed by atoms with E-state index < -0.39 is 61.3 Å². The van der Waals surface area contributed by atoms with E-state index in [1.807, 2.05) is 0 Å². The molecule has 25 heavy (non-hydrogen) atoms.